The molecule has 3 nitrogen and oxygen atoms in total. The zero-order valence-electron chi connectivity index (χ0n) is 12.8. The van der Waals surface area contributed by atoms with Crippen LogP contribution < -0.4 is 0 Å². The first-order valence-electron chi connectivity index (χ1n) is 7.73. The lowest BCUT2D eigenvalue weighted by Gasteiger charge is -2.35. The van der Waals surface area contributed by atoms with Crippen LogP contribution >= 0.6 is 0 Å². The molecule has 1 fully saturated rings. The maximum atomic E-state index is 13.1. The monoisotopic (exact) mass is 315 g/mol. The van der Waals surface area contributed by atoms with Gasteiger partial charge in [0.25, 0.3) is 0 Å². The fourth-order valence-corrected chi connectivity index (χ4v) is 5.08. The first-order chi connectivity index (χ1) is 10.6. The van der Waals surface area contributed by atoms with Crippen LogP contribution in [0, 0.1) is 6.92 Å². The highest BCUT2D eigenvalue weighted by molar-refractivity contribution is 7.89. The van der Waals surface area contributed by atoms with E-state index in [-0.39, 0.29) is 6.04 Å². The van der Waals surface area contributed by atoms with Crippen LogP contribution in [0.5, 0.6) is 0 Å². The molecule has 1 unspecified atom stereocenters. The van der Waals surface area contributed by atoms with Gasteiger partial charge in [0.05, 0.1) is 10.9 Å². The van der Waals surface area contributed by atoms with Crippen LogP contribution in [0.2, 0.25) is 0 Å². The first-order valence-corrected chi connectivity index (χ1v) is 9.17. The zero-order chi connectivity index (χ0) is 15.6. The van der Waals surface area contributed by atoms with Crippen molar-refractivity contribution in [2.24, 2.45) is 0 Å². The summed E-state index contributed by atoms with van der Waals surface area (Å²) >= 11 is 0. The summed E-state index contributed by atoms with van der Waals surface area (Å²) in [6.07, 6.45) is 2.88. The maximum absolute atomic E-state index is 13.1. The minimum atomic E-state index is -3.46. The molecule has 1 aliphatic rings. The molecule has 0 aromatic heterocycles. The molecule has 1 heterocycles. The van der Waals surface area contributed by atoms with E-state index >= 15 is 0 Å². The molecule has 0 aliphatic carbocycles. The highest BCUT2D eigenvalue weighted by Gasteiger charge is 2.34. The molecule has 22 heavy (non-hydrogen) atoms. The van der Waals surface area contributed by atoms with Crippen molar-refractivity contribution in [2.45, 2.75) is 37.1 Å². The molecule has 0 saturated carbocycles. The lowest BCUT2D eigenvalue weighted by molar-refractivity contribution is 0.256. The van der Waals surface area contributed by atoms with E-state index in [4.69, 9.17) is 0 Å². The number of sulfonamides is 1. The van der Waals surface area contributed by atoms with Crippen molar-refractivity contribution in [3.63, 3.8) is 0 Å². The van der Waals surface area contributed by atoms with Crippen molar-refractivity contribution < 1.29 is 8.42 Å². The summed E-state index contributed by atoms with van der Waals surface area (Å²) in [6.45, 7) is 2.45. The lowest BCUT2D eigenvalue weighted by atomic mass is 9.98. The van der Waals surface area contributed by atoms with Crippen LogP contribution in [0.25, 0.3) is 0 Å². The van der Waals surface area contributed by atoms with Crippen molar-refractivity contribution in [1.82, 2.24) is 4.31 Å². The number of rotatable bonds is 3. The third kappa shape index (κ3) is 2.81. The summed E-state index contributed by atoms with van der Waals surface area (Å²) in [6, 6.07) is 17.1. The van der Waals surface area contributed by atoms with Crippen molar-refractivity contribution in [2.75, 3.05) is 6.54 Å². The third-order valence-corrected chi connectivity index (χ3v) is 6.39. The Labute approximate surface area is 132 Å². The van der Waals surface area contributed by atoms with Gasteiger partial charge in [0.1, 0.15) is 0 Å². The van der Waals surface area contributed by atoms with Crippen LogP contribution in [0.15, 0.2) is 59.5 Å². The van der Waals surface area contributed by atoms with Gasteiger partial charge in [-0.3, -0.25) is 0 Å². The fourth-order valence-electron chi connectivity index (χ4n) is 3.17. The number of hydrogen-bond donors (Lipinski definition) is 0. The van der Waals surface area contributed by atoms with Crippen molar-refractivity contribution in [3.8, 4) is 0 Å². The number of benzene rings is 2. The fraction of sp³-hybridized carbons (Fsp3) is 0.333. The number of aryl methyl sites for hydroxylation is 1. The Bertz CT molecular complexity index is 741. The molecule has 0 spiro atoms. The Balaban J connectivity index is 2.02. The Morgan fingerprint density at radius 1 is 0.955 bits per heavy atom. The normalized spacial score (nSPS) is 20.0. The van der Waals surface area contributed by atoms with E-state index in [1.807, 2.05) is 49.4 Å². The van der Waals surface area contributed by atoms with Gasteiger partial charge in [0.15, 0.2) is 0 Å². The zero-order valence-corrected chi connectivity index (χ0v) is 13.6. The quantitative estimate of drug-likeness (QED) is 0.861. The van der Waals surface area contributed by atoms with Gasteiger partial charge < -0.3 is 0 Å². The van der Waals surface area contributed by atoms with Gasteiger partial charge in [-0.05, 0) is 37.0 Å². The molecule has 0 bridgehead atoms. The van der Waals surface area contributed by atoms with Gasteiger partial charge in [-0.2, -0.15) is 4.31 Å². The number of piperidine rings is 1. The predicted molar refractivity (Wildman–Crippen MR) is 88.1 cm³/mol. The summed E-state index contributed by atoms with van der Waals surface area (Å²) in [5.74, 6) is 0. The Morgan fingerprint density at radius 2 is 1.64 bits per heavy atom. The van der Waals surface area contributed by atoms with E-state index in [1.165, 1.54) is 0 Å². The van der Waals surface area contributed by atoms with Gasteiger partial charge in [-0.1, -0.05) is 55.0 Å². The first kappa shape index (κ1) is 15.3. The molecule has 1 saturated heterocycles. The summed E-state index contributed by atoms with van der Waals surface area (Å²) in [5, 5.41) is 0. The third-order valence-electron chi connectivity index (χ3n) is 4.32. The second-order valence-electron chi connectivity index (χ2n) is 5.80. The molecule has 3 rings (SSSR count). The van der Waals surface area contributed by atoms with Crippen LogP contribution in [0.1, 0.15) is 36.4 Å². The van der Waals surface area contributed by atoms with E-state index in [0.29, 0.717) is 11.4 Å². The topological polar surface area (TPSA) is 37.4 Å². The molecular weight excluding hydrogens is 294 g/mol. The molecule has 1 aliphatic heterocycles. The van der Waals surface area contributed by atoms with Crippen LogP contribution in [-0.2, 0) is 10.0 Å². The maximum Gasteiger partial charge on any atom is 0.243 e. The molecule has 2 aromatic carbocycles. The van der Waals surface area contributed by atoms with Crippen molar-refractivity contribution in [3.05, 3.63) is 65.7 Å². The number of nitrogens with zero attached hydrogens (tertiary/aromatic N) is 1. The van der Waals surface area contributed by atoms with E-state index in [0.717, 1.165) is 30.4 Å². The average molecular weight is 315 g/mol. The summed E-state index contributed by atoms with van der Waals surface area (Å²) < 4.78 is 27.9. The van der Waals surface area contributed by atoms with Crippen molar-refractivity contribution in [1.29, 1.82) is 0 Å². The van der Waals surface area contributed by atoms with E-state index in [1.54, 1.807) is 16.4 Å². The minimum absolute atomic E-state index is 0.0560. The molecular formula is C18H21NO2S. The van der Waals surface area contributed by atoms with Gasteiger partial charge in [-0.25, -0.2) is 8.42 Å². The summed E-state index contributed by atoms with van der Waals surface area (Å²) in [7, 11) is -3.46. The van der Waals surface area contributed by atoms with Gasteiger partial charge in [-0.15, -0.1) is 0 Å². The van der Waals surface area contributed by atoms with Crippen LogP contribution in [0.4, 0.5) is 0 Å². The molecule has 0 amide bonds. The lowest BCUT2D eigenvalue weighted by Crippen LogP contribution is -2.38. The Hall–Kier alpha value is -1.65. The molecule has 116 valence electrons. The largest absolute Gasteiger partial charge is 0.243 e. The second kappa shape index (κ2) is 6.23. The molecule has 4 heteroatoms. The molecule has 0 radical (unpaired) electrons. The van der Waals surface area contributed by atoms with Crippen LogP contribution in [0.3, 0.4) is 0 Å². The molecule has 2 aromatic rings. The van der Waals surface area contributed by atoms with E-state index in [9.17, 15) is 8.42 Å². The SMILES string of the molecule is Cc1ccccc1S(=O)(=O)N1CCCCC1c1ccccc1. The van der Waals surface area contributed by atoms with Crippen LogP contribution in [-0.4, -0.2) is 19.3 Å². The van der Waals surface area contributed by atoms with Crippen molar-refractivity contribution >= 4 is 10.0 Å². The van der Waals surface area contributed by atoms with E-state index < -0.39 is 10.0 Å². The average Bonchev–Trinajstić information content (AvgIpc) is 2.56. The van der Waals surface area contributed by atoms with Gasteiger partial charge in [0.2, 0.25) is 10.0 Å². The smallest absolute Gasteiger partial charge is 0.207 e. The highest BCUT2D eigenvalue weighted by atomic mass is 32.2. The van der Waals surface area contributed by atoms with E-state index in [2.05, 4.69) is 0 Å². The highest BCUT2D eigenvalue weighted by Crippen LogP contribution is 2.35. The second-order valence-corrected chi connectivity index (χ2v) is 7.66. The summed E-state index contributed by atoms with van der Waals surface area (Å²) in [4.78, 5) is 0.429. The molecule has 0 N–H and O–H groups in total. The number of hydrogen-bond acceptors (Lipinski definition) is 2. The Morgan fingerprint density at radius 3 is 2.36 bits per heavy atom. The minimum Gasteiger partial charge on any atom is -0.207 e. The van der Waals surface area contributed by atoms with Gasteiger partial charge in [0, 0.05) is 6.54 Å². The summed E-state index contributed by atoms with van der Waals surface area (Å²) in [5.41, 5.74) is 1.89. The standard InChI is InChI=1S/C18H21NO2S/c1-15-9-5-6-13-18(15)22(20,21)19-14-8-7-12-17(19)16-10-3-2-4-11-16/h2-6,9-11,13,17H,7-8,12,14H2,1H3. The molecule has 1 atom stereocenters. The van der Waals surface area contributed by atoms with Gasteiger partial charge >= 0.3 is 0 Å². The Kier molecular flexibility index (Phi) is 4.32. The predicted octanol–water partition coefficient (Wildman–Crippen LogP) is 3.91.